The van der Waals surface area contributed by atoms with Crippen LogP contribution in [0.25, 0.3) is 0 Å². The molecule has 1 aromatic carbocycles. The van der Waals surface area contributed by atoms with Crippen molar-refractivity contribution in [1.29, 1.82) is 0 Å². The number of nitrogens with zero attached hydrogens (tertiary/aromatic N) is 3. The molecule has 0 saturated carbocycles. The maximum Gasteiger partial charge on any atom is 0.227 e. The molecule has 0 unspecified atom stereocenters. The lowest BCUT2D eigenvalue weighted by atomic mass is 10.0. The zero-order chi connectivity index (χ0) is 17.3. The summed E-state index contributed by atoms with van der Waals surface area (Å²) in [4.78, 5) is 14.8. The highest BCUT2D eigenvalue weighted by Gasteiger charge is 2.33. The molecular weight excluding hydrogens is 326 g/mol. The number of carbonyl (C=O) groups is 1. The number of amides is 1. The van der Waals surface area contributed by atoms with E-state index in [1.165, 1.54) is 0 Å². The van der Waals surface area contributed by atoms with Crippen molar-refractivity contribution in [3.63, 3.8) is 0 Å². The zero-order valence-corrected chi connectivity index (χ0v) is 15.0. The van der Waals surface area contributed by atoms with Gasteiger partial charge in [-0.1, -0.05) is 23.7 Å². The Morgan fingerprint density at radius 1 is 1.38 bits per heavy atom. The summed E-state index contributed by atoms with van der Waals surface area (Å²) in [7, 11) is 3.46. The zero-order valence-electron chi connectivity index (χ0n) is 14.3. The Morgan fingerprint density at radius 2 is 2.08 bits per heavy atom. The summed E-state index contributed by atoms with van der Waals surface area (Å²) in [5.41, 5.74) is 2.87. The number of rotatable bonds is 4. The van der Waals surface area contributed by atoms with Crippen LogP contribution in [0.4, 0.5) is 0 Å². The van der Waals surface area contributed by atoms with E-state index in [4.69, 9.17) is 16.3 Å². The highest BCUT2D eigenvalue weighted by atomic mass is 35.5. The van der Waals surface area contributed by atoms with Crippen LogP contribution in [0.2, 0.25) is 5.15 Å². The summed E-state index contributed by atoms with van der Waals surface area (Å²) in [6.45, 7) is 2.72. The molecule has 5 nitrogen and oxygen atoms in total. The molecule has 1 saturated heterocycles. The fourth-order valence-corrected chi connectivity index (χ4v) is 3.71. The summed E-state index contributed by atoms with van der Waals surface area (Å²) in [5.74, 6) is 0.921. The largest absolute Gasteiger partial charge is 0.497 e. The number of hydrogen-bond acceptors (Lipinski definition) is 3. The van der Waals surface area contributed by atoms with Gasteiger partial charge in [-0.3, -0.25) is 9.48 Å². The Hall–Kier alpha value is -2.01. The highest BCUT2D eigenvalue weighted by Crippen LogP contribution is 2.37. The molecule has 2 aromatic rings. The molecular formula is C18H22ClN3O2. The topological polar surface area (TPSA) is 47.4 Å². The van der Waals surface area contributed by atoms with E-state index in [9.17, 15) is 4.79 Å². The normalized spacial score (nSPS) is 17.3. The number of aromatic nitrogens is 2. The molecule has 1 aromatic heterocycles. The second-order valence-electron chi connectivity index (χ2n) is 6.18. The van der Waals surface area contributed by atoms with Gasteiger partial charge >= 0.3 is 0 Å². The van der Waals surface area contributed by atoms with Crippen molar-refractivity contribution < 1.29 is 9.53 Å². The molecule has 0 N–H and O–H groups in total. The van der Waals surface area contributed by atoms with Crippen LogP contribution in [-0.2, 0) is 18.3 Å². The van der Waals surface area contributed by atoms with Gasteiger partial charge in [0, 0.05) is 19.2 Å². The van der Waals surface area contributed by atoms with E-state index in [1.54, 1.807) is 11.8 Å². The number of likely N-dealkylation sites (tertiary alicyclic amines) is 1. The predicted octanol–water partition coefficient (Wildman–Crippen LogP) is 3.30. The lowest BCUT2D eigenvalue weighted by molar-refractivity contribution is -0.131. The summed E-state index contributed by atoms with van der Waals surface area (Å²) in [5, 5.41) is 5.01. The molecule has 2 heterocycles. The first-order valence-electron chi connectivity index (χ1n) is 8.12. The van der Waals surface area contributed by atoms with Crippen LogP contribution in [0.15, 0.2) is 24.3 Å². The molecule has 0 radical (unpaired) electrons. The van der Waals surface area contributed by atoms with E-state index in [0.717, 1.165) is 42.0 Å². The van der Waals surface area contributed by atoms with Gasteiger partial charge in [0.25, 0.3) is 0 Å². The Morgan fingerprint density at radius 3 is 2.67 bits per heavy atom. The third kappa shape index (κ3) is 3.13. The van der Waals surface area contributed by atoms with E-state index in [2.05, 4.69) is 5.10 Å². The third-order valence-corrected chi connectivity index (χ3v) is 5.07. The average Bonchev–Trinajstić information content (AvgIpc) is 3.13. The molecule has 3 rings (SSSR count). The van der Waals surface area contributed by atoms with E-state index in [0.29, 0.717) is 11.6 Å². The fourth-order valence-electron chi connectivity index (χ4n) is 3.41. The van der Waals surface area contributed by atoms with Gasteiger partial charge in [0.2, 0.25) is 5.91 Å². The molecule has 128 valence electrons. The monoisotopic (exact) mass is 347 g/mol. The molecule has 1 amide bonds. The summed E-state index contributed by atoms with van der Waals surface area (Å²) < 4.78 is 6.84. The van der Waals surface area contributed by atoms with Crippen LogP contribution in [0.5, 0.6) is 5.75 Å². The van der Waals surface area contributed by atoms with Crippen LogP contribution in [-0.4, -0.2) is 34.2 Å². The van der Waals surface area contributed by atoms with Gasteiger partial charge in [0.05, 0.1) is 25.3 Å². The first-order valence-corrected chi connectivity index (χ1v) is 8.50. The summed E-state index contributed by atoms with van der Waals surface area (Å²) >= 11 is 6.41. The third-order valence-electron chi connectivity index (χ3n) is 4.62. The van der Waals surface area contributed by atoms with Gasteiger partial charge < -0.3 is 9.64 Å². The fraction of sp³-hybridized carbons (Fsp3) is 0.444. The van der Waals surface area contributed by atoms with Crippen molar-refractivity contribution in [2.45, 2.75) is 32.2 Å². The SMILES string of the molecule is COc1ccc(CC(=O)N2CCC[C@H]2c2c(C)nn(C)c2Cl)cc1. The first kappa shape index (κ1) is 16.8. The lowest BCUT2D eigenvalue weighted by Gasteiger charge is -2.25. The number of aryl methyl sites for hydroxylation is 2. The van der Waals surface area contributed by atoms with Crippen molar-refractivity contribution in [3.05, 3.63) is 46.2 Å². The Labute approximate surface area is 147 Å². The Balaban J connectivity index is 1.78. The molecule has 1 atom stereocenters. The maximum absolute atomic E-state index is 12.8. The van der Waals surface area contributed by atoms with Gasteiger partial charge in [-0.2, -0.15) is 5.10 Å². The van der Waals surface area contributed by atoms with E-state index < -0.39 is 0 Å². The predicted molar refractivity (Wildman–Crippen MR) is 93.3 cm³/mol. The van der Waals surface area contributed by atoms with Gasteiger partial charge in [0.1, 0.15) is 10.9 Å². The van der Waals surface area contributed by atoms with Crippen LogP contribution in [0, 0.1) is 6.92 Å². The van der Waals surface area contributed by atoms with Crippen LogP contribution < -0.4 is 4.74 Å². The van der Waals surface area contributed by atoms with Crippen molar-refractivity contribution in [1.82, 2.24) is 14.7 Å². The van der Waals surface area contributed by atoms with Gasteiger partial charge in [0.15, 0.2) is 0 Å². The number of carbonyl (C=O) groups excluding carboxylic acids is 1. The van der Waals surface area contributed by atoms with Crippen molar-refractivity contribution in [2.75, 3.05) is 13.7 Å². The van der Waals surface area contributed by atoms with E-state index in [1.807, 2.05) is 43.1 Å². The molecule has 24 heavy (non-hydrogen) atoms. The second kappa shape index (κ2) is 6.85. The number of benzene rings is 1. The summed E-state index contributed by atoms with van der Waals surface area (Å²) in [6.07, 6.45) is 2.31. The maximum atomic E-state index is 12.8. The smallest absolute Gasteiger partial charge is 0.227 e. The standard InChI is InChI=1S/C18H22ClN3O2/c1-12-17(18(19)21(2)20-12)15-5-4-10-22(15)16(23)11-13-6-8-14(24-3)9-7-13/h6-9,15H,4-5,10-11H2,1-3H3/t15-/m0/s1. The lowest BCUT2D eigenvalue weighted by Crippen LogP contribution is -2.32. The van der Waals surface area contributed by atoms with Gasteiger partial charge in [-0.15, -0.1) is 0 Å². The van der Waals surface area contributed by atoms with Crippen molar-refractivity contribution >= 4 is 17.5 Å². The number of methoxy groups -OCH3 is 1. The number of halogens is 1. The quantitative estimate of drug-likeness (QED) is 0.852. The first-order chi connectivity index (χ1) is 11.5. The Kier molecular flexibility index (Phi) is 4.81. The van der Waals surface area contributed by atoms with E-state index >= 15 is 0 Å². The summed E-state index contributed by atoms with van der Waals surface area (Å²) in [6, 6.07) is 7.66. The van der Waals surface area contributed by atoms with Crippen LogP contribution >= 0.6 is 11.6 Å². The molecule has 1 aliphatic rings. The molecule has 0 bridgehead atoms. The molecule has 1 fully saturated rings. The van der Waals surface area contributed by atoms with Gasteiger partial charge in [-0.05, 0) is 37.5 Å². The Bertz CT molecular complexity index is 739. The van der Waals surface area contributed by atoms with E-state index in [-0.39, 0.29) is 11.9 Å². The van der Waals surface area contributed by atoms with Crippen molar-refractivity contribution in [2.24, 2.45) is 7.05 Å². The number of ether oxygens (including phenoxy) is 1. The molecule has 0 spiro atoms. The van der Waals surface area contributed by atoms with Crippen LogP contribution in [0.1, 0.15) is 35.7 Å². The molecule has 6 heteroatoms. The minimum absolute atomic E-state index is 0.0250. The molecule has 0 aliphatic carbocycles. The number of hydrogen-bond donors (Lipinski definition) is 0. The van der Waals surface area contributed by atoms with Crippen molar-refractivity contribution in [3.8, 4) is 5.75 Å². The van der Waals surface area contributed by atoms with Gasteiger partial charge in [-0.25, -0.2) is 0 Å². The minimum atomic E-state index is 0.0250. The van der Waals surface area contributed by atoms with Crippen LogP contribution in [0.3, 0.4) is 0 Å². The minimum Gasteiger partial charge on any atom is -0.497 e. The highest BCUT2D eigenvalue weighted by molar-refractivity contribution is 6.30. The average molecular weight is 348 g/mol. The molecule has 1 aliphatic heterocycles. The second-order valence-corrected chi connectivity index (χ2v) is 6.54.